The molecule has 4 rings (SSSR count). The van der Waals surface area contributed by atoms with E-state index in [0.717, 1.165) is 19.3 Å². The van der Waals surface area contributed by atoms with Crippen LogP contribution in [0.3, 0.4) is 0 Å². The lowest BCUT2D eigenvalue weighted by molar-refractivity contribution is -0.179. The van der Waals surface area contributed by atoms with Gasteiger partial charge in [0.1, 0.15) is 0 Å². The molecule has 230 valence electrons. The number of cyclic esters (lactones) is 1. The Hall–Kier alpha value is -2.53. The maximum Gasteiger partial charge on any atom is 0.339 e. The molecule has 0 radical (unpaired) electrons. The summed E-state index contributed by atoms with van der Waals surface area (Å²) < 4.78 is 64.0. The zero-order valence-corrected chi connectivity index (χ0v) is 26.1. The average Bonchev–Trinajstić information content (AvgIpc) is 3.33. The van der Waals surface area contributed by atoms with E-state index in [-0.39, 0.29) is 40.7 Å². The number of benzene rings is 2. The molecule has 0 spiro atoms. The molecule has 2 aliphatic rings. The fourth-order valence-electron chi connectivity index (χ4n) is 5.99. The van der Waals surface area contributed by atoms with Gasteiger partial charge in [-0.15, -0.1) is 0 Å². The standard InChI is InChI=1S/C32H42O8S2/c1-22(2)26-19-18-23(3)20-29(26)39-30-21-27(32(34)40-30)28(33)16-10-11-17-31(41(35,36)24-12-6-4-7-13-24)42(37,38)25-14-8-5-9-15-25/h4-9,12-15,21-23,26,28-31,33H,10-11,16-20H2,1-3H3/t23-,26+,28-,29-,30-/m1/s1. The van der Waals surface area contributed by atoms with Crippen molar-refractivity contribution in [2.45, 2.75) is 98.6 Å². The predicted molar refractivity (Wildman–Crippen MR) is 160 cm³/mol. The van der Waals surface area contributed by atoms with Gasteiger partial charge in [0.2, 0.25) is 6.29 Å². The molecule has 0 unspecified atom stereocenters. The first-order valence-electron chi connectivity index (χ1n) is 14.8. The molecule has 1 fully saturated rings. The van der Waals surface area contributed by atoms with Gasteiger partial charge in [-0.25, -0.2) is 21.6 Å². The van der Waals surface area contributed by atoms with Crippen LogP contribution in [0.5, 0.6) is 0 Å². The Morgan fingerprint density at radius 2 is 1.43 bits per heavy atom. The molecule has 2 aromatic carbocycles. The number of carbonyl (C=O) groups is 1. The maximum atomic E-state index is 13.5. The van der Waals surface area contributed by atoms with E-state index in [1.54, 1.807) is 36.4 Å². The molecule has 10 heteroatoms. The van der Waals surface area contributed by atoms with Crippen LogP contribution in [-0.4, -0.2) is 51.0 Å². The molecule has 1 heterocycles. The molecule has 1 aliphatic carbocycles. The van der Waals surface area contributed by atoms with Crippen molar-refractivity contribution in [3.05, 3.63) is 72.3 Å². The van der Waals surface area contributed by atoms with Crippen LogP contribution in [0.1, 0.15) is 65.7 Å². The van der Waals surface area contributed by atoms with Crippen molar-refractivity contribution in [2.75, 3.05) is 0 Å². The van der Waals surface area contributed by atoms with Crippen molar-refractivity contribution in [3.63, 3.8) is 0 Å². The number of esters is 1. The topological polar surface area (TPSA) is 124 Å². The highest BCUT2D eigenvalue weighted by molar-refractivity contribution is 8.09. The quantitative estimate of drug-likeness (QED) is 0.232. The minimum atomic E-state index is -4.22. The minimum Gasteiger partial charge on any atom is -0.428 e. The summed E-state index contributed by atoms with van der Waals surface area (Å²) >= 11 is 0. The van der Waals surface area contributed by atoms with Crippen molar-refractivity contribution in [2.24, 2.45) is 17.8 Å². The Morgan fingerprint density at radius 3 is 1.98 bits per heavy atom. The Labute approximate surface area is 250 Å². The van der Waals surface area contributed by atoms with Crippen LogP contribution < -0.4 is 0 Å². The molecular weight excluding hydrogens is 576 g/mol. The van der Waals surface area contributed by atoms with Gasteiger partial charge in [-0.3, -0.25) is 0 Å². The second kappa shape index (κ2) is 13.8. The third kappa shape index (κ3) is 7.51. The second-order valence-electron chi connectivity index (χ2n) is 11.8. The summed E-state index contributed by atoms with van der Waals surface area (Å²) in [7, 11) is -8.44. The summed E-state index contributed by atoms with van der Waals surface area (Å²) in [6, 6.07) is 15.1. The first kappa shape index (κ1) is 32.4. The van der Waals surface area contributed by atoms with Gasteiger partial charge < -0.3 is 14.6 Å². The second-order valence-corrected chi connectivity index (χ2v) is 16.4. The van der Waals surface area contributed by atoms with Crippen LogP contribution in [0.2, 0.25) is 0 Å². The van der Waals surface area contributed by atoms with Crippen LogP contribution in [0.4, 0.5) is 0 Å². The molecule has 0 bridgehead atoms. The van der Waals surface area contributed by atoms with Gasteiger partial charge in [0, 0.05) is 0 Å². The fourth-order valence-corrected chi connectivity index (χ4v) is 10.6. The van der Waals surface area contributed by atoms with Crippen molar-refractivity contribution in [3.8, 4) is 0 Å². The van der Waals surface area contributed by atoms with Crippen LogP contribution in [0.15, 0.2) is 82.1 Å². The van der Waals surface area contributed by atoms with E-state index in [0.29, 0.717) is 24.2 Å². The summed E-state index contributed by atoms with van der Waals surface area (Å²) in [5.74, 6) is 0.702. The lowest BCUT2D eigenvalue weighted by Gasteiger charge is -2.37. The molecule has 1 N–H and O–H groups in total. The summed E-state index contributed by atoms with van der Waals surface area (Å²) in [4.78, 5) is 12.4. The first-order chi connectivity index (χ1) is 19.9. The summed E-state index contributed by atoms with van der Waals surface area (Å²) in [6.45, 7) is 6.53. The third-order valence-corrected chi connectivity index (χ3v) is 13.6. The number of carbonyl (C=O) groups excluding carboxylic acids is 1. The van der Waals surface area contributed by atoms with Crippen LogP contribution in [0, 0.1) is 17.8 Å². The van der Waals surface area contributed by atoms with E-state index in [1.165, 1.54) is 30.3 Å². The Balaban J connectivity index is 1.41. The number of hydrogen-bond donors (Lipinski definition) is 1. The van der Waals surface area contributed by atoms with E-state index in [1.807, 2.05) is 0 Å². The summed E-state index contributed by atoms with van der Waals surface area (Å²) in [5.41, 5.74) is 0.121. The van der Waals surface area contributed by atoms with Gasteiger partial charge in [-0.05, 0) is 73.8 Å². The lowest BCUT2D eigenvalue weighted by atomic mass is 9.75. The molecule has 1 aliphatic heterocycles. The highest BCUT2D eigenvalue weighted by Gasteiger charge is 2.40. The molecule has 0 saturated heterocycles. The fraction of sp³-hybridized carbons (Fsp3) is 0.531. The summed E-state index contributed by atoms with van der Waals surface area (Å²) in [6.07, 6.45) is 3.11. The molecule has 0 amide bonds. The molecule has 1 saturated carbocycles. The minimum absolute atomic E-state index is 0.0330. The molecule has 2 aromatic rings. The number of unbranched alkanes of at least 4 members (excludes halogenated alkanes) is 1. The molecule has 5 atom stereocenters. The molecule has 42 heavy (non-hydrogen) atoms. The van der Waals surface area contributed by atoms with Crippen LogP contribution in [-0.2, 0) is 33.9 Å². The van der Waals surface area contributed by atoms with Crippen molar-refractivity contribution >= 4 is 25.6 Å². The van der Waals surface area contributed by atoms with Gasteiger partial charge >= 0.3 is 5.97 Å². The highest BCUT2D eigenvalue weighted by Crippen LogP contribution is 2.37. The van der Waals surface area contributed by atoms with Gasteiger partial charge in [-0.1, -0.05) is 76.4 Å². The number of rotatable bonds is 13. The number of aliphatic hydroxyl groups excluding tert-OH is 1. The number of sulfone groups is 2. The SMILES string of the molecule is CC(C)[C@@H]1CC[C@@H](C)C[C@H]1O[C@H]1C=C([C@H](O)CCCCC(S(=O)(=O)c2ccccc2)S(=O)(=O)c2ccccc2)C(=O)O1. The van der Waals surface area contributed by atoms with Gasteiger partial charge in [0.05, 0.1) is 27.6 Å². The number of hydrogen-bond acceptors (Lipinski definition) is 8. The predicted octanol–water partition coefficient (Wildman–Crippen LogP) is 5.47. The monoisotopic (exact) mass is 618 g/mol. The molecular formula is C32H42O8S2. The Bertz CT molecular complexity index is 1370. The van der Waals surface area contributed by atoms with E-state index < -0.39 is 42.6 Å². The normalized spacial score (nSPS) is 24.0. The van der Waals surface area contributed by atoms with Crippen molar-refractivity contribution < 1.29 is 36.2 Å². The zero-order valence-electron chi connectivity index (χ0n) is 24.5. The van der Waals surface area contributed by atoms with Crippen molar-refractivity contribution in [1.82, 2.24) is 0 Å². The van der Waals surface area contributed by atoms with Crippen LogP contribution in [0.25, 0.3) is 0 Å². The van der Waals surface area contributed by atoms with E-state index in [4.69, 9.17) is 9.47 Å². The molecule has 0 aromatic heterocycles. The highest BCUT2D eigenvalue weighted by atomic mass is 32.3. The Morgan fingerprint density at radius 1 is 0.881 bits per heavy atom. The lowest BCUT2D eigenvalue weighted by Crippen LogP contribution is -2.36. The van der Waals surface area contributed by atoms with E-state index in [9.17, 15) is 26.7 Å². The molecule has 8 nitrogen and oxygen atoms in total. The Kier molecular flexibility index (Phi) is 10.7. The van der Waals surface area contributed by atoms with E-state index >= 15 is 0 Å². The first-order valence-corrected chi connectivity index (χ1v) is 17.8. The van der Waals surface area contributed by atoms with Gasteiger partial charge in [0.15, 0.2) is 24.3 Å². The third-order valence-electron chi connectivity index (χ3n) is 8.41. The van der Waals surface area contributed by atoms with Gasteiger partial charge in [-0.2, -0.15) is 0 Å². The average molecular weight is 619 g/mol. The van der Waals surface area contributed by atoms with E-state index in [2.05, 4.69) is 20.8 Å². The van der Waals surface area contributed by atoms with Gasteiger partial charge in [0.25, 0.3) is 0 Å². The number of aliphatic hydroxyl groups is 1. The largest absolute Gasteiger partial charge is 0.428 e. The van der Waals surface area contributed by atoms with Crippen molar-refractivity contribution in [1.29, 1.82) is 0 Å². The maximum absolute atomic E-state index is 13.5. The number of ether oxygens (including phenoxy) is 2. The summed E-state index contributed by atoms with van der Waals surface area (Å²) in [5, 5.41) is 10.8. The zero-order chi connectivity index (χ0) is 30.5. The smallest absolute Gasteiger partial charge is 0.339 e. The van der Waals surface area contributed by atoms with Crippen LogP contribution >= 0.6 is 0 Å².